The summed E-state index contributed by atoms with van der Waals surface area (Å²) in [6, 6.07) is 6.97. The van der Waals surface area contributed by atoms with Gasteiger partial charge < -0.3 is 4.74 Å². The summed E-state index contributed by atoms with van der Waals surface area (Å²) in [7, 11) is 1.32. The number of hydrogen-bond acceptors (Lipinski definition) is 4. The summed E-state index contributed by atoms with van der Waals surface area (Å²) in [5.74, 6) is -0.422. The first-order chi connectivity index (χ1) is 6.72. The van der Waals surface area contributed by atoms with E-state index in [-0.39, 0.29) is 0 Å². The fourth-order valence-corrected chi connectivity index (χ4v) is 1.57. The molecule has 0 aliphatic carbocycles. The van der Waals surface area contributed by atoms with Gasteiger partial charge in [-0.15, -0.1) is 11.8 Å². The van der Waals surface area contributed by atoms with E-state index in [1.807, 2.05) is 12.3 Å². The lowest BCUT2D eigenvalue weighted by molar-refractivity contribution is 0.0600. The molecule has 0 heterocycles. The molecular formula is C10H9NO2S. The van der Waals surface area contributed by atoms with Crippen molar-refractivity contribution >= 4 is 17.7 Å². The van der Waals surface area contributed by atoms with Gasteiger partial charge in [0.1, 0.15) is 6.07 Å². The topological polar surface area (TPSA) is 50.1 Å². The van der Waals surface area contributed by atoms with Crippen molar-refractivity contribution < 1.29 is 9.53 Å². The van der Waals surface area contributed by atoms with Crippen LogP contribution in [0.4, 0.5) is 0 Å². The molecule has 0 unspecified atom stereocenters. The molecule has 4 heteroatoms. The van der Waals surface area contributed by atoms with Crippen LogP contribution < -0.4 is 0 Å². The van der Waals surface area contributed by atoms with E-state index in [1.54, 1.807) is 12.1 Å². The van der Waals surface area contributed by atoms with Crippen molar-refractivity contribution in [2.75, 3.05) is 13.4 Å². The van der Waals surface area contributed by atoms with Crippen molar-refractivity contribution in [1.82, 2.24) is 0 Å². The summed E-state index contributed by atoms with van der Waals surface area (Å²) in [6.45, 7) is 0. The maximum atomic E-state index is 11.1. The Bertz CT molecular complexity index is 396. The number of rotatable bonds is 2. The molecule has 0 aliphatic heterocycles. The predicted octanol–water partition coefficient (Wildman–Crippen LogP) is 2.07. The maximum absolute atomic E-state index is 11.1. The molecule has 0 aliphatic rings. The predicted molar refractivity (Wildman–Crippen MR) is 54.3 cm³/mol. The summed E-state index contributed by atoms with van der Waals surface area (Å²) in [6.07, 6.45) is 1.88. The lowest BCUT2D eigenvalue weighted by Crippen LogP contribution is -2.01. The smallest absolute Gasteiger partial charge is 0.337 e. The average Bonchev–Trinajstić information content (AvgIpc) is 2.26. The Hall–Kier alpha value is -1.47. The van der Waals surface area contributed by atoms with Crippen molar-refractivity contribution in [3.05, 3.63) is 29.3 Å². The minimum Gasteiger partial charge on any atom is -0.465 e. The summed E-state index contributed by atoms with van der Waals surface area (Å²) in [5, 5.41) is 8.81. The van der Waals surface area contributed by atoms with Gasteiger partial charge in [0.05, 0.1) is 18.2 Å². The van der Waals surface area contributed by atoms with Gasteiger partial charge in [0.15, 0.2) is 0 Å². The minimum atomic E-state index is -0.422. The first kappa shape index (κ1) is 10.6. The van der Waals surface area contributed by atoms with Gasteiger partial charge in [-0.05, 0) is 24.5 Å². The van der Waals surface area contributed by atoms with Crippen molar-refractivity contribution in [3.63, 3.8) is 0 Å². The fourth-order valence-electron chi connectivity index (χ4n) is 1.04. The molecule has 0 spiro atoms. The Kier molecular flexibility index (Phi) is 3.55. The number of esters is 1. The molecular weight excluding hydrogens is 198 g/mol. The molecule has 0 N–H and O–H groups in total. The molecule has 0 atom stereocenters. The highest BCUT2D eigenvalue weighted by Gasteiger charge is 2.08. The van der Waals surface area contributed by atoms with Crippen LogP contribution in [0.25, 0.3) is 0 Å². The van der Waals surface area contributed by atoms with Crippen LogP contribution >= 0.6 is 11.8 Å². The van der Waals surface area contributed by atoms with Gasteiger partial charge in [0.2, 0.25) is 0 Å². The van der Waals surface area contributed by atoms with Gasteiger partial charge in [0, 0.05) is 4.90 Å². The van der Waals surface area contributed by atoms with Gasteiger partial charge in [-0.1, -0.05) is 0 Å². The largest absolute Gasteiger partial charge is 0.465 e. The van der Waals surface area contributed by atoms with E-state index in [9.17, 15) is 4.79 Å². The zero-order chi connectivity index (χ0) is 10.6. The lowest BCUT2D eigenvalue weighted by atomic mass is 10.1. The second-order valence-electron chi connectivity index (χ2n) is 2.52. The highest BCUT2D eigenvalue weighted by atomic mass is 32.2. The third-order valence-corrected chi connectivity index (χ3v) is 2.54. The number of nitrogens with zero attached hydrogens (tertiary/aromatic N) is 1. The zero-order valence-electron chi connectivity index (χ0n) is 7.90. The summed E-state index contributed by atoms with van der Waals surface area (Å²) in [4.78, 5) is 12.0. The highest BCUT2D eigenvalue weighted by Crippen LogP contribution is 2.21. The molecule has 14 heavy (non-hydrogen) atoms. The molecule has 0 saturated carbocycles. The normalized spacial score (nSPS) is 9.21. The summed E-state index contributed by atoms with van der Waals surface area (Å²) in [5.41, 5.74) is 0.905. The molecule has 0 aromatic heterocycles. The molecule has 1 rings (SSSR count). The van der Waals surface area contributed by atoms with Gasteiger partial charge in [-0.2, -0.15) is 5.26 Å². The van der Waals surface area contributed by atoms with Crippen molar-refractivity contribution in [2.45, 2.75) is 4.90 Å². The second-order valence-corrected chi connectivity index (χ2v) is 3.37. The number of thioether (sulfide) groups is 1. The van der Waals surface area contributed by atoms with Crippen LogP contribution in [0.5, 0.6) is 0 Å². The molecule has 3 nitrogen and oxygen atoms in total. The Morgan fingerprint density at radius 3 is 2.79 bits per heavy atom. The van der Waals surface area contributed by atoms with E-state index in [0.29, 0.717) is 11.1 Å². The van der Waals surface area contributed by atoms with Crippen LogP contribution in [-0.4, -0.2) is 19.3 Å². The van der Waals surface area contributed by atoms with Crippen molar-refractivity contribution in [1.29, 1.82) is 5.26 Å². The number of carbonyl (C=O) groups excluding carboxylic acids is 1. The SMILES string of the molecule is COC(=O)c1ccc(SC)c(C#N)c1. The molecule has 0 radical (unpaired) electrons. The highest BCUT2D eigenvalue weighted by molar-refractivity contribution is 7.98. The number of methoxy groups -OCH3 is 1. The third kappa shape index (κ3) is 2.06. The number of ether oxygens (including phenoxy) is 1. The molecule has 1 aromatic rings. The Balaban J connectivity index is 3.15. The van der Waals surface area contributed by atoms with Crippen LogP contribution in [-0.2, 0) is 4.74 Å². The summed E-state index contributed by atoms with van der Waals surface area (Å²) >= 11 is 1.47. The fraction of sp³-hybridized carbons (Fsp3) is 0.200. The van der Waals surface area contributed by atoms with Crippen molar-refractivity contribution in [3.8, 4) is 6.07 Å². The minimum absolute atomic E-state index is 0.404. The lowest BCUT2D eigenvalue weighted by Gasteiger charge is -2.02. The zero-order valence-corrected chi connectivity index (χ0v) is 8.72. The maximum Gasteiger partial charge on any atom is 0.337 e. The quantitative estimate of drug-likeness (QED) is 0.550. The molecule has 0 saturated heterocycles. The third-order valence-electron chi connectivity index (χ3n) is 1.74. The van der Waals surface area contributed by atoms with Crippen LogP contribution in [0.1, 0.15) is 15.9 Å². The monoisotopic (exact) mass is 207 g/mol. The number of carbonyl (C=O) groups is 1. The molecule has 1 aromatic carbocycles. The van der Waals surface area contributed by atoms with Gasteiger partial charge in [0.25, 0.3) is 0 Å². The first-order valence-corrected chi connectivity index (χ1v) is 5.12. The molecule has 72 valence electrons. The average molecular weight is 207 g/mol. The van der Waals surface area contributed by atoms with Gasteiger partial charge in [-0.3, -0.25) is 0 Å². The summed E-state index contributed by atoms with van der Waals surface area (Å²) < 4.78 is 4.55. The Morgan fingerprint density at radius 1 is 1.57 bits per heavy atom. The van der Waals surface area contributed by atoms with Gasteiger partial charge >= 0.3 is 5.97 Å². The Labute approximate surface area is 86.7 Å². The van der Waals surface area contributed by atoms with Crippen LogP contribution in [0.15, 0.2) is 23.1 Å². The number of benzene rings is 1. The van der Waals surface area contributed by atoms with E-state index in [4.69, 9.17) is 5.26 Å². The van der Waals surface area contributed by atoms with E-state index >= 15 is 0 Å². The standard InChI is InChI=1S/C10H9NO2S/c1-13-10(12)7-3-4-9(14-2)8(5-7)6-11/h3-5H,1-2H3. The van der Waals surface area contributed by atoms with Crippen LogP contribution in [0.3, 0.4) is 0 Å². The van der Waals surface area contributed by atoms with E-state index in [2.05, 4.69) is 4.74 Å². The van der Waals surface area contributed by atoms with Crippen LogP contribution in [0.2, 0.25) is 0 Å². The molecule has 0 amide bonds. The van der Waals surface area contributed by atoms with Crippen LogP contribution in [0, 0.1) is 11.3 Å². The number of nitriles is 1. The molecule has 0 fully saturated rings. The Morgan fingerprint density at radius 2 is 2.29 bits per heavy atom. The number of hydrogen-bond donors (Lipinski definition) is 0. The van der Waals surface area contributed by atoms with E-state index < -0.39 is 5.97 Å². The van der Waals surface area contributed by atoms with Crippen molar-refractivity contribution in [2.24, 2.45) is 0 Å². The van der Waals surface area contributed by atoms with Gasteiger partial charge in [-0.25, -0.2) is 4.79 Å². The molecule has 0 bridgehead atoms. The van der Waals surface area contributed by atoms with E-state index in [0.717, 1.165) is 4.90 Å². The second kappa shape index (κ2) is 4.68. The van der Waals surface area contributed by atoms with E-state index in [1.165, 1.54) is 24.9 Å². The first-order valence-electron chi connectivity index (χ1n) is 3.89.